The number of carboxylic acids is 1. The summed E-state index contributed by atoms with van der Waals surface area (Å²) in [5.74, 6) is -1.16. The lowest BCUT2D eigenvalue weighted by Crippen LogP contribution is -2.22. The average Bonchev–Trinajstić information content (AvgIpc) is 2.34. The van der Waals surface area contributed by atoms with E-state index in [1.165, 1.54) is 18.2 Å². The highest BCUT2D eigenvalue weighted by molar-refractivity contribution is 5.97. The first-order valence-corrected chi connectivity index (χ1v) is 5.70. The van der Waals surface area contributed by atoms with Crippen molar-refractivity contribution in [1.82, 2.24) is 0 Å². The van der Waals surface area contributed by atoms with E-state index in [2.05, 4.69) is 0 Å². The van der Waals surface area contributed by atoms with E-state index >= 15 is 0 Å². The zero-order valence-corrected chi connectivity index (χ0v) is 10.4. The summed E-state index contributed by atoms with van der Waals surface area (Å²) in [7, 11) is 1.67. The van der Waals surface area contributed by atoms with E-state index in [0.29, 0.717) is 6.54 Å². The van der Waals surface area contributed by atoms with Crippen LogP contribution in [0.1, 0.15) is 30.1 Å². The molecule has 6 heteroatoms. The van der Waals surface area contributed by atoms with Crippen molar-refractivity contribution in [2.75, 3.05) is 18.5 Å². The predicted octanol–water partition coefficient (Wildman–Crippen LogP) is 2.53. The molecule has 0 fully saturated rings. The molecule has 1 aromatic carbocycles. The van der Waals surface area contributed by atoms with Gasteiger partial charge in [0.15, 0.2) is 0 Å². The number of nitrogens with zero attached hydrogens (tertiary/aromatic N) is 2. The molecule has 0 saturated heterocycles. The Balaban J connectivity index is 3.26. The minimum Gasteiger partial charge on any atom is -0.478 e. The molecule has 98 valence electrons. The highest BCUT2D eigenvalue weighted by Gasteiger charge is 2.23. The lowest BCUT2D eigenvalue weighted by Gasteiger charge is -2.20. The van der Waals surface area contributed by atoms with E-state index in [1.54, 1.807) is 11.9 Å². The minimum absolute atomic E-state index is 0.0391. The first-order valence-electron chi connectivity index (χ1n) is 5.70. The molecule has 18 heavy (non-hydrogen) atoms. The Hall–Kier alpha value is -2.11. The molecular weight excluding hydrogens is 236 g/mol. The van der Waals surface area contributed by atoms with E-state index in [-0.39, 0.29) is 16.9 Å². The fraction of sp³-hybridized carbons (Fsp3) is 0.417. The maximum atomic E-state index is 11.1. The van der Waals surface area contributed by atoms with E-state index in [9.17, 15) is 14.9 Å². The number of aromatic carboxylic acids is 1. The van der Waals surface area contributed by atoms with E-state index in [1.807, 2.05) is 6.92 Å². The molecule has 0 unspecified atom stereocenters. The number of nitro groups is 1. The third-order valence-electron chi connectivity index (χ3n) is 2.67. The lowest BCUT2D eigenvalue weighted by atomic mass is 10.1. The fourth-order valence-corrected chi connectivity index (χ4v) is 1.76. The number of para-hydroxylation sites is 1. The summed E-state index contributed by atoms with van der Waals surface area (Å²) in [5.41, 5.74) is -0.0419. The lowest BCUT2D eigenvalue weighted by molar-refractivity contribution is -0.384. The first kappa shape index (κ1) is 14.0. The van der Waals surface area contributed by atoms with Crippen LogP contribution in [-0.4, -0.2) is 29.6 Å². The first-order chi connectivity index (χ1) is 8.49. The number of nitro benzene ring substituents is 1. The molecular formula is C12H16N2O4. The second-order valence-corrected chi connectivity index (χ2v) is 4.01. The molecule has 1 aromatic rings. The van der Waals surface area contributed by atoms with Crippen LogP contribution in [0.3, 0.4) is 0 Å². The van der Waals surface area contributed by atoms with Crippen molar-refractivity contribution in [3.05, 3.63) is 33.9 Å². The minimum atomic E-state index is -1.16. The van der Waals surface area contributed by atoms with Gasteiger partial charge in [-0.15, -0.1) is 0 Å². The van der Waals surface area contributed by atoms with Crippen molar-refractivity contribution in [2.24, 2.45) is 0 Å². The van der Waals surface area contributed by atoms with Crippen LogP contribution in [0.25, 0.3) is 0 Å². The Morgan fingerprint density at radius 3 is 2.67 bits per heavy atom. The van der Waals surface area contributed by atoms with E-state index in [4.69, 9.17) is 5.11 Å². The molecule has 1 rings (SSSR count). The second kappa shape index (κ2) is 6.00. The number of unbranched alkanes of at least 4 members (excludes halogenated alkanes) is 1. The van der Waals surface area contributed by atoms with Crippen molar-refractivity contribution in [3.63, 3.8) is 0 Å². The van der Waals surface area contributed by atoms with Crippen molar-refractivity contribution in [2.45, 2.75) is 19.8 Å². The fourth-order valence-electron chi connectivity index (χ4n) is 1.76. The van der Waals surface area contributed by atoms with Gasteiger partial charge in [-0.3, -0.25) is 10.1 Å². The van der Waals surface area contributed by atoms with Crippen LogP contribution in [0.4, 0.5) is 11.4 Å². The summed E-state index contributed by atoms with van der Waals surface area (Å²) in [6, 6.07) is 4.09. The molecule has 0 saturated carbocycles. The van der Waals surface area contributed by atoms with Crippen LogP contribution in [-0.2, 0) is 0 Å². The number of hydrogen-bond donors (Lipinski definition) is 1. The van der Waals surface area contributed by atoms with Crippen molar-refractivity contribution in [3.8, 4) is 0 Å². The normalized spacial score (nSPS) is 10.1. The molecule has 0 bridgehead atoms. The monoisotopic (exact) mass is 252 g/mol. The highest BCUT2D eigenvalue weighted by atomic mass is 16.6. The molecule has 0 radical (unpaired) electrons. The van der Waals surface area contributed by atoms with Gasteiger partial charge in [0.1, 0.15) is 5.69 Å². The third kappa shape index (κ3) is 2.97. The standard InChI is InChI=1S/C12H16N2O4/c1-3-4-8-13(2)11-9(12(15)16)6-5-7-10(11)14(17)18/h5-7H,3-4,8H2,1-2H3,(H,15,16). The Bertz CT molecular complexity index is 427. The maximum Gasteiger partial charge on any atom is 0.338 e. The number of carboxylic acid groups (broad SMARTS) is 1. The van der Waals surface area contributed by atoms with Crippen LogP contribution in [0.5, 0.6) is 0 Å². The Kier molecular flexibility index (Phi) is 4.65. The molecule has 0 aliphatic heterocycles. The molecule has 0 atom stereocenters. The number of benzene rings is 1. The van der Waals surface area contributed by atoms with Crippen molar-refractivity contribution < 1.29 is 14.8 Å². The quantitative estimate of drug-likeness (QED) is 0.621. The van der Waals surface area contributed by atoms with Crippen molar-refractivity contribution >= 4 is 17.3 Å². The molecule has 0 aromatic heterocycles. The molecule has 1 N–H and O–H groups in total. The van der Waals surface area contributed by atoms with Gasteiger partial charge in [-0.1, -0.05) is 19.4 Å². The van der Waals surface area contributed by atoms with Gasteiger partial charge in [0.05, 0.1) is 10.5 Å². The number of anilines is 1. The Morgan fingerprint density at radius 1 is 1.50 bits per heavy atom. The second-order valence-electron chi connectivity index (χ2n) is 4.01. The summed E-state index contributed by atoms with van der Waals surface area (Å²) in [4.78, 5) is 23.2. The number of hydrogen-bond acceptors (Lipinski definition) is 4. The van der Waals surface area contributed by atoms with Gasteiger partial charge < -0.3 is 10.0 Å². The SMILES string of the molecule is CCCCN(C)c1c(C(=O)O)cccc1[N+](=O)[O-]. The Morgan fingerprint density at radius 2 is 2.17 bits per heavy atom. The van der Waals surface area contributed by atoms with Gasteiger partial charge in [-0.05, 0) is 12.5 Å². The molecule has 0 aliphatic carbocycles. The summed E-state index contributed by atoms with van der Waals surface area (Å²) in [6.45, 7) is 2.59. The molecule has 0 heterocycles. The van der Waals surface area contributed by atoms with E-state index in [0.717, 1.165) is 12.8 Å². The smallest absolute Gasteiger partial charge is 0.338 e. The van der Waals surface area contributed by atoms with Crippen LogP contribution in [0.2, 0.25) is 0 Å². The largest absolute Gasteiger partial charge is 0.478 e. The molecule has 0 spiro atoms. The summed E-state index contributed by atoms with van der Waals surface area (Å²) < 4.78 is 0. The third-order valence-corrected chi connectivity index (χ3v) is 2.67. The summed E-state index contributed by atoms with van der Waals surface area (Å²) in [5, 5.41) is 20.1. The zero-order valence-electron chi connectivity index (χ0n) is 10.4. The predicted molar refractivity (Wildman–Crippen MR) is 68.2 cm³/mol. The van der Waals surface area contributed by atoms with Gasteiger partial charge >= 0.3 is 5.97 Å². The molecule has 6 nitrogen and oxygen atoms in total. The number of carbonyl (C=O) groups is 1. The van der Waals surface area contributed by atoms with Crippen LogP contribution in [0.15, 0.2) is 18.2 Å². The van der Waals surface area contributed by atoms with Crippen LogP contribution >= 0.6 is 0 Å². The summed E-state index contributed by atoms with van der Waals surface area (Å²) in [6.07, 6.45) is 1.79. The van der Waals surface area contributed by atoms with Gasteiger partial charge in [0, 0.05) is 19.7 Å². The molecule has 0 amide bonds. The highest BCUT2D eigenvalue weighted by Crippen LogP contribution is 2.31. The zero-order chi connectivity index (χ0) is 13.7. The van der Waals surface area contributed by atoms with Gasteiger partial charge in [-0.25, -0.2) is 4.79 Å². The van der Waals surface area contributed by atoms with Gasteiger partial charge in [0.2, 0.25) is 0 Å². The van der Waals surface area contributed by atoms with Crippen LogP contribution < -0.4 is 4.90 Å². The number of rotatable bonds is 6. The Labute approximate surface area is 105 Å². The molecule has 0 aliphatic rings. The van der Waals surface area contributed by atoms with Crippen LogP contribution in [0, 0.1) is 10.1 Å². The van der Waals surface area contributed by atoms with E-state index < -0.39 is 10.9 Å². The summed E-state index contributed by atoms with van der Waals surface area (Å²) >= 11 is 0. The topological polar surface area (TPSA) is 83.7 Å². The van der Waals surface area contributed by atoms with Gasteiger partial charge in [0.25, 0.3) is 5.69 Å². The van der Waals surface area contributed by atoms with Crippen molar-refractivity contribution in [1.29, 1.82) is 0 Å². The maximum absolute atomic E-state index is 11.1. The van der Waals surface area contributed by atoms with Gasteiger partial charge in [-0.2, -0.15) is 0 Å². The average molecular weight is 252 g/mol.